The Labute approximate surface area is 126 Å². The van der Waals surface area contributed by atoms with Gasteiger partial charge in [0.15, 0.2) is 0 Å². The number of anilines is 1. The third kappa shape index (κ3) is 2.78. The highest BCUT2D eigenvalue weighted by Crippen LogP contribution is 2.34. The minimum absolute atomic E-state index is 0.0327. The monoisotopic (exact) mass is 304 g/mol. The summed E-state index contributed by atoms with van der Waals surface area (Å²) in [4.78, 5) is 15.2. The van der Waals surface area contributed by atoms with Crippen molar-refractivity contribution >= 4 is 23.4 Å². The molecule has 1 aromatic heterocycles. The molecule has 2 heterocycles. The zero-order chi connectivity index (χ0) is 14.8. The van der Waals surface area contributed by atoms with E-state index >= 15 is 0 Å². The number of carboxylic acids is 1. The summed E-state index contributed by atoms with van der Waals surface area (Å²) >= 11 is 5.82. The number of nitrogens with zero attached hydrogens (tertiary/aromatic N) is 1. The standard InChI is InChI=1S/C15H13ClN2O3/c16-11-8-17-14(7-10(11)15(19)20)18-12-5-6-21-13-4-2-1-3-9(12)13/h1-4,7-8,12H,5-6H2,(H,17,18)(H,19,20). The maximum absolute atomic E-state index is 11.1. The van der Waals surface area contributed by atoms with Gasteiger partial charge in [0.05, 0.1) is 23.2 Å². The lowest BCUT2D eigenvalue weighted by Crippen LogP contribution is -2.21. The van der Waals surface area contributed by atoms with Gasteiger partial charge >= 0.3 is 5.97 Å². The van der Waals surface area contributed by atoms with Crippen molar-refractivity contribution in [3.05, 3.63) is 52.7 Å². The van der Waals surface area contributed by atoms with Crippen molar-refractivity contribution in [1.82, 2.24) is 4.98 Å². The largest absolute Gasteiger partial charge is 0.493 e. The molecule has 2 N–H and O–H groups in total. The highest BCUT2D eigenvalue weighted by atomic mass is 35.5. The second-order valence-electron chi connectivity index (χ2n) is 4.73. The number of hydrogen-bond donors (Lipinski definition) is 2. The lowest BCUT2D eigenvalue weighted by atomic mass is 10.0. The third-order valence-electron chi connectivity index (χ3n) is 3.37. The molecule has 0 radical (unpaired) electrons. The molecule has 0 saturated heterocycles. The van der Waals surface area contributed by atoms with E-state index in [0.717, 1.165) is 17.7 Å². The van der Waals surface area contributed by atoms with E-state index in [2.05, 4.69) is 10.3 Å². The summed E-state index contributed by atoms with van der Waals surface area (Å²) in [5.41, 5.74) is 1.08. The molecule has 0 spiro atoms. The molecule has 6 heteroatoms. The van der Waals surface area contributed by atoms with Crippen molar-refractivity contribution in [2.45, 2.75) is 12.5 Å². The molecule has 0 saturated carbocycles. The summed E-state index contributed by atoms with van der Waals surface area (Å²) in [5, 5.41) is 12.5. The van der Waals surface area contributed by atoms with Crippen molar-refractivity contribution in [2.24, 2.45) is 0 Å². The number of carbonyl (C=O) groups is 1. The van der Waals surface area contributed by atoms with Crippen LogP contribution in [0.3, 0.4) is 0 Å². The van der Waals surface area contributed by atoms with E-state index in [9.17, 15) is 4.79 Å². The number of pyridine rings is 1. The Bertz CT molecular complexity index is 690. The Hall–Kier alpha value is -2.27. The molecule has 0 amide bonds. The highest BCUT2D eigenvalue weighted by molar-refractivity contribution is 6.33. The number of fused-ring (bicyclic) bond motifs is 1. The summed E-state index contributed by atoms with van der Waals surface area (Å²) in [6.45, 7) is 0.605. The SMILES string of the molecule is O=C(O)c1cc(NC2CCOc3ccccc32)ncc1Cl. The van der Waals surface area contributed by atoms with Crippen LogP contribution in [0.2, 0.25) is 5.02 Å². The highest BCUT2D eigenvalue weighted by Gasteiger charge is 2.21. The summed E-state index contributed by atoms with van der Waals surface area (Å²) < 4.78 is 5.60. The van der Waals surface area contributed by atoms with Gasteiger partial charge in [0.25, 0.3) is 0 Å². The van der Waals surface area contributed by atoms with Crippen molar-refractivity contribution in [2.75, 3.05) is 11.9 Å². The summed E-state index contributed by atoms with van der Waals surface area (Å²) in [6.07, 6.45) is 2.13. The zero-order valence-corrected chi connectivity index (χ0v) is 11.8. The number of benzene rings is 1. The van der Waals surface area contributed by atoms with Crippen molar-refractivity contribution in [3.63, 3.8) is 0 Å². The third-order valence-corrected chi connectivity index (χ3v) is 3.67. The van der Waals surface area contributed by atoms with Crippen LogP contribution >= 0.6 is 11.6 Å². The van der Waals surface area contributed by atoms with Gasteiger partial charge in [0.2, 0.25) is 0 Å². The smallest absolute Gasteiger partial charge is 0.337 e. The van der Waals surface area contributed by atoms with Gasteiger partial charge in [-0.1, -0.05) is 29.8 Å². The van der Waals surface area contributed by atoms with Crippen LogP contribution in [-0.2, 0) is 0 Å². The molecule has 1 unspecified atom stereocenters. The summed E-state index contributed by atoms with van der Waals surface area (Å²) in [7, 11) is 0. The first-order valence-corrected chi connectivity index (χ1v) is 6.90. The second-order valence-corrected chi connectivity index (χ2v) is 5.13. The molecule has 1 aromatic carbocycles. The van der Waals surface area contributed by atoms with E-state index in [0.29, 0.717) is 12.4 Å². The average molecular weight is 305 g/mol. The van der Waals surface area contributed by atoms with E-state index in [1.165, 1.54) is 12.3 Å². The van der Waals surface area contributed by atoms with Gasteiger partial charge in [0.1, 0.15) is 11.6 Å². The molecule has 21 heavy (non-hydrogen) atoms. The van der Waals surface area contributed by atoms with E-state index in [1.54, 1.807) is 0 Å². The maximum atomic E-state index is 11.1. The Morgan fingerprint density at radius 1 is 1.43 bits per heavy atom. The number of hydrogen-bond acceptors (Lipinski definition) is 4. The fourth-order valence-corrected chi connectivity index (χ4v) is 2.54. The fraction of sp³-hybridized carbons (Fsp3) is 0.200. The number of halogens is 1. The minimum atomic E-state index is -1.07. The molecule has 2 aromatic rings. The average Bonchev–Trinajstić information content (AvgIpc) is 2.49. The predicted molar refractivity (Wildman–Crippen MR) is 79.1 cm³/mol. The molecule has 0 fully saturated rings. The van der Waals surface area contributed by atoms with Gasteiger partial charge in [-0.2, -0.15) is 0 Å². The van der Waals surface area contributed by atoms with E-state index in [-0.39, 0.29) is 16.6 Å². The van der Waals surface area contributed by atoms with E-state index in [4.69, 9.17) is 21.4 Å². The molecule has 5 nitrogen and oxygen atoms in total. The van der Waals surface area contributed by atoms with Crippen LogP contribution in [0.4, 0.5) is 5.82 Å². The molecule has 108 valence electrons. The normalized spacial score (nSPS) is 16.7. The number of ether oxygens (including phenoxy) is 1. The Morgan fingerprint density at radius 2 is 2.24 bits per heavy atom. The van der Waals surface area contributed by atoms with Crippen molar-refractivity contribution in [1.29, 1.82) is 0 Å². The molecular formula is C15H13ClN2O3. The number of nitrogens with one attached hydrogen (secondary N) is 1. The molecule has 3 rings (SSSR count). The summed E-state index contributed by atoms with van der Waals surface area (Å²) in [6, 6.07) is 9.25. The first kappa shape index (κ1) is 13.7. The van der Waals surface area contributed by atoms with Gasteiger partial charge in [-0.15, -0.1) is 0 Å². The molecule has 1 aliphatic heterocycles. The van der Waals surface area contributed by atoms with Crippen LogP contribution in [0.5, 0.6) is 5.75 Å². The number of carboxylic acid groups (broad SMARTS) is 1. The number of aromatic carboxylic acids is 1. The Kier molecular flexibility index (Phi) is 3.66. The van der Waals surface area contributed by atoms with Crippen LogP contribution in [-0.4, -0.2) is 22.7 Å². The van der Waals surface area contributed by atoms with Crippen LogP contribution in [0.25, 0.3) is 0 Å². The lowest BCUT2D eigenvalue weighted by Gasteiger charge is -2.27. The summed E-state index contributed by atoms with van der Waals surface area (Å²) in [5.74, 6) is 0.255. The minimum Gasteiger partial charge on any atom is -0.493 e. The van der Waals surface area contributed by atoms with Crippen LogP contribution in [0, 0.1) is 0 Å². The zero-order valence-electron chi connectivity index (χ0n) is 11.0. The van der Waals surface area contributed by atoms with E-state index < -0.39 is 5.97 Å². The molecule has 1 aliphatic rings. The van der Waals surface area contributed by atoms with Crippen molar-refractivity contribution < 1.29 is 14.6 Å². The van der Waals surface area contributed by atoms with Crippen LogP contribution in [0.1, 0.15) is 28.4 Å². The number of para-hydroxylation sites is 1. The van der Waals surface area contributed by atoms with Gasteiger partial charge in [-0.3, -0.25) is 0 Å². The van der Waals surface area contributed by atoms with Gasteiger partial charge in [-0.25, -0.2) is 9.78 Å². The Balaban J connectivity index is 1.88. The topological polar surface area (TPSA) is 71.5 Å². The predicted octanol–water partition coefficient (Wildman–Crippen LogP) is 3.37. The lowest BCUT2D eigenvalue weighted by molar-refractivity contribution is 0.0697. The fourth-order valence-electron chi connectivity index (χ4n) is 2.35. The van der Waals surface area contributed by atoms with E-state index in [1.807, 2.05) is 24.3 Å². The molecule has 1 atom stereocenters. The van der Waals surface area contributed by atoms with Crippen LogP contribution < -0.4 is 10.1 Å². The maximum Gasteiger partial charge on any atom is 0.337 e. The first-order chi connectivity index (χ1) is 10.1. The van der Waals surface area contributed by atoms with Gasteiger partial charge in [-0.05, 0) is 12.1 Å². The molecule has 0 bridgehead atoms. The van der Waals surface area contributed by atoms with Gasteiger partial charge in [0, 0.05) is 18.2 Å². The Morgan fingerprint density at radius 3 is 3.05 bits per heavy atom. The second kappa shape index (κ2) is 5.61. The molecule has 0 aliphatic carbocycles. The quantitative estimate of drug-likeness (QED) is 0.909. The molecular weight excluding hydrogens is 292 g/mol. The van der Waals surface area contributed by atoms with Gasteiger partial charge < -0.3 is 15.2 Å². The van der Waals surface area contributed by atoms with Crippen LogP contribution in [0.15, 0.2) is 36.5 Å². The number of rotatable bonds is 3. The number of aromatic nitrogens is 1. The van der Waals surface area contributed by atoms with Crippen molar-refractivity contribution in [3.8, 4) is 5.75 Å². The first-order valence-electron chi connectivity index (χ1n) is 6.52.